The molecule has 5 rings (SSSR count). The van der Waals surface area contributed by atoms with Gasteiger partial charge in [-0.05, 0) is 31.0 Å². The number of pyridine rings is 2. The Balaban J connectivity index is 1.52. The number of hydroxylamine groups is 2. The van der Waals surface area contributed by atoms with Crippen LogP contribution in [0.15, 0.2) is 36.8 Å². The molecule has 6 nitrogen and oxygen atoms in total. The Hall–Kier alpha value is -2.51. The Kier molecular flexibility index (Phi) is 4.29. The SMILES string of the molecule is O=C(c1cn(Cc2ccc(F)cn2)c2c(Cl)ccnc12)N1O[C@H]2CCCC[C@@H]21. The molecule has 0 N–H and O–H groups in total. The summed E-state index contributed by atoms with van der Waals surface area (Å²) in [5, 5.41) is 1.98. The topological polar surface area (TPSA) is 60.2 Å². The lowest BCUT2D eigenvalue weighted by molar-refractivity contribution is -0.311. The van der Waals surface area contributed by atoms with Crippen LogP contribution in [-0.2, 0) is 11.4 Å². The number of hydrogen-bond donors (Lipinski definition) is 0. The summed E-state index contributed by atoms with van der Waals surface area (Å²) in [6, 6.07) is 4.79. The van der Waals surface area contributed by atoms with Crippen LogP contribution in [0.3, 0.4) is 0 Å². The Morgan fingerprint density at radius 2 is 2.11 bits per heavy atom. The van der Waals surface area contributed by atoms with Crippen molar-refractivity contribution < 1.29 is 14.0 Å². The lowest BCUT2D eigenvalue weighted by Gasteiger charge is -2.48. The smallest absolute Gasteiger partial charge is 0.281 e. The van der Waals surface area contributed by atoms with Gasteiger partial charge in [-0.15, -0.1) is 0 Å². The molecule has 0 unspecified atom stereocenters. The number of amides is 1. The molecule has 0 spiro atoms. The summed E-state index contributed by atoms with van der Waals surface area (Å²) in [7, 11) is 0. The van der Waals surface area contributed by atoms with Crippen LogP contribution in [0.2, 0.25) is 5.02 Å². The minimum atomic E-state index is -0.395. The molecule has 1 saturated heterocycles. The van der Waals surface area contributed by atoms with Crippen molar-refractivity contribution in [2.24, 2.45) is 0 Å². The van der Waals surface area contributed by atoms with Crippen molar-refractivity contribution in [2.75, 3.05) is 0 Å². The Bertz CT molecular complexity index is 1050. The first kappa shape index (κ1) is 17.6. The highest BCUT2D eigenvalue weighted by atomic mass is 35.5. The standard InChI is InChI=1S/C20H18ClFN4O2/c21-15-7-8-23-18-14(20(27)26-16-3-1-2-4-17(16)28-26)11-25(19(15)18)10-13-6-5-12(22)9-24-13/h5-9,11,16-17H,1-4,10H2/t16-,17-/m0/s1. The molecule has 2 fully saturated rings. The van der Waals surface area contributed by atoms with Crippen LogP contribution < -0.4 is 0 Å². The van der Waals surface area contributed by atoms with E-state index >= 15 is 0 Å². The Morgan fingerprint density at radius 1 is 1.25 bits per heavy atom. The van der Waals surface area contributed by atoms with Gasteiger partial charge in [-0.25, -0.2) is 9.45 Å². The second-order valence-corrected chi connectivity index (χ2v) is 7.66. The van der Waals surface area contributed by atoms with Gasteiger partial charge in [0.1, 0.15) is 17.4 Å². The van der Waals surface area contributed by atoms with Gasteiger partial charge in [-0.3, -0.25) is 19.6 Å². The first-order chi connectivity index (χ1) is 13.6. The van der Waals surface area contributed by atoms with Crippen molar-refractivity contribution in [3.63, 3.8) is 0 Å². The molecule has 0 aromatic carbocycles. The van der Waals surface area contributed by atoms with Crippen LogP contribution >= 0.6 is 11.6 Å². The van der Waals surface area contributed by atoms with Gasteiger partial charge in [0.25, 0.3) is 5.91 Å². The van der Waals surface area contributed by atoms with Gasteiger partial charge < -0.3 is 4.57 Å². The van der Waals surface area contributed by atoms with Crippen molar-refractivity contribution in [1.82, 2.24) is 19.6 Å². The van der Waals surface area contributed by atoms with Crippen LogP contribution in [0.5, 0.6) is 0 Å². The molecule has 144 valence electrons. The van der Waals surface area contributed by atoms with E-state index in [1.807, 2.05) is 4.57 Å². The summed E-state index contributed by atoms with van der Waals surface area (Å²) in [4.78, 5) is 27.4. The Morgan fingerprint density at radius 3 is 2.89 bits per heavy atom. The number of hydrogen-bond acceptors (Lipinski definition) is 4. The zero-order chi connectivity index (χ0) is 19.3. The molecule has 1 aliphatic carbocycles. The zero-order valence-electron chi connectivity index (χ0n) is 15.0. The molecule has 4 heterocycles. The van der Waals surface area contributed by atoms with Gasteiger partial charge >= 0.3 is 0 Å². The minimum Gasteiger partial charge on any atom is -0.338 e. The van der Waals surface area contributed by atoms with E-state index in [2.05, 4.69) is 9.97 Å². The number of halogens is 2. The molecule has 0 radical (unpaired) electrons. The van der Waals surface area contributed by atoms with Crippen molar-refractivity contribution in [1.29, 1.82) is 0 Å². The lowest BCUT2D eigenvalue weighted by atomic mass is 9.90. The van der Waals surface area contributed by atoms with Crippen molar-refractivity contribution in [3.05, 3.63) is 58.9 Å². The maximum absolute atomic E-state index is 13.2. The molecule has 0 bridgehead atoms. The molecule has 3 aromatic heterocycles. The highest BCUT2D eigenvalue weighted by molar-refractivity contribution is 6.35. The normalized spacial score (nSPS) is 21.4. The average Bonchev–Trinajstić information content (AvgIpc) is 3.04. The third kappa shape index (κ3) is 2.86. The van der Waals surface area contributed by atoms with E-state index in [1.54, 1.807) is 24.5 Å². The van der Waals surface area contributed by atoms with E-state index in [4.69, 9.17) is 16.4 Å². The highest BCUT2D eigenvalue weighted by Crippen LogP contribution is 2.37. The van der Waals surface area contributed by atoms with Crippen molar-refractivity contribution in [2.45, 2.75) is 44.4 Å². The van der Waals surface area contributed by atoms with E-state index in [0.717, 1.165) is 25.7 Å². The maximum atomic E-state index is 13.2. The average molecular weight is 401 g/mol. The summed E-state index contributed by atoms with van der Waals surface area (Å²) in [6.45, 7) is 0.350. The molecule has 1 aliphatic heterocycles. The van der Waals surface area contributed by atoms with Gasteiger partial charge in [0, 0.05) is 12.4 Å². The summed E-state index contributed by atoms with van der Waals surface area (Å²) < 4.78 is 15.0. The van der Waals surface area contributed by atoms with Crippen LogP contribution in [-0.4, -0.2) is 37.7 Å². The minimum absolute atomic E-state index is 0.137. The summed E-state index contributed by atoms with van der Waals surface area (Å²) in [6.07, 6.45) is 8.84. The number of rotatable bonds is 3. The molecule has 1 amide bonds. The largest absolute Gasteiger partial charge is 0.338 e. The number of nitrogens with zero attached hydrogens (tertiary/aromatic N) is 4. The number of carbonyl (C=O) groups is 1. The molecular weight excluding hydrogens is 383 g/mol. The predicted octanol–water partition coefficient (Wildman–Crippen LogP) is 3.97. The van der Waals surface area contributed by atoms with Gasteiger partial charge in [-0.1, -0.05) is 24.4 Å². The van der Waals surface area contributed by atoms with E-state index in [0.29, 0.717) is 33.9 Å². The highest BCUT2D eigenvalue weighted by Gasteiger charge is 2.46. The molecule has 1 saturated carbocycles. The van der Waals surface area contributed by atoms with Crippen molar-refractivity contribution >= 4 is 28.5 Å². The van der Waals surface area contributed by atoms with Gasteiger partial charge in [0.15, 0.2) is 0 Å². The van der Waals surface area contributed by atoms with Crippen molar-refractivity contribution in [3.8, 4) is 0 Å². The molecule has 8 heteroatoms. The van der Waals surface area contributed by atoms with Crippen LogP contribution in [0.4, 0.5) is 4.39 Å². The van der Waals surface area contributed by atoms with E-state index in [-0.39, 0.29) is 18.1 Å². The zero-order valence-corrected chi connectivity index (χ0v) is 15.8. The Labute approximate surface area is 165 Å². The summed E-state index contributed by atoms with van der Waals surface area (Å²) >= 11 is 6.41. The van der Waals surface area contributed by atoms with Crippen LogP contribution in [0, 0.1) is 5.82 Å². The van der Waals surface area contributed by atoms with Crippen LogP contribution in [0.25, 0.3) is 11.0 Å². The summed E-state index contributed by atoms with van der Waals surface area (Å²) in [5.41, 5.74) is 2.29. The molecular formula is C20H18ClFN4O2. The second kappa shape index (κ2) is 6.83. The fourth-order valence-corrected chi connectivity index (χ4v) is 4.34. The van der Waals surface area contributed by atoms with Gasteiger partial charge in [0.05, 0.1) is 40.6 Å². The monoisotopic (exact) mass is 400 g/mol. The molecule has 3 aromatic rings. The first-order valence-corrected chi connectivity index (χ1v) is 9.74. The fourth-order valence-electron chi connectivity index (χ4n) is 4.09. The number of aromatic nitrogens is 3. The third-order valence-electron chi connectivity index (χ3n) is 5.47. The third-order valence-corrected chi connectivity index (χ3v) is 5.78. The van der Waals surface area contributed by atoms with E-state index in [9.17, 15) is 9.18 Å². The quantitative estimate of drug-likeness (QED) is 0.667. The van der Waals surface area contributed by atoms with Crippen LogP contribution in [0.1, 0.15) is 41.7 Å². The van der Waals surface area contributed by atoms with Gasteiger partial charge in [0.2, 0.25) is 0 Å². The second-order valence-electron chi connectivity index (χ2n) is 7.26. The molecule has 2 atom stereocenters. The maximum Gasteiger partial charge on any atom is 0.281 e. The molecule has 2 aliphatic rings. The van der Waals surface area contributed by atoms with E-state index in [1.165, 1.54) is 17.3 Å². The van der Waals surface area contributed by atoms with Gasteiger partial charge in [-0.2, -0.15) is 0 Å². The van der Waals surface area contributed by atoms with E-state index < -0.39 is 5.82 Å². The predicted molar refractivity (Wildman–Crippen MR) is 101 cm³/mol. The number of carbonyl (C=O) groups excluding carboxylic acids is 1. The molecule has 28 heavy (non-hydrogen) atoms. The first-order valence-electron chi connectivity index (χ1n) is 9.36. The number of fused-ring (bicyclic) bond motifs is 2. The fraction of sp³-hybridized carbons (Fsp3) is 0.350. The summed E-state index contributed by atoms with van der Waals surface area (Å²) in [5.74, 6) is -0.595. The lowest BCUT2D eigenvalue weighted by Crippen LogP contribution is -2.61.